The molecule has 0 aliphatic carbocycles. The van der Waals surface area contributed by atoms with Crippen molar-refractivity contribution in [3.05, 3.63) is 24.3 Å². The number of hydrogen-bond acceptors (Lipinski definition) is 4. The van der Waals surface area contributed by atoms with E-state index >= 15 is 0 Å². The highest BCUT2D eigenvalue weighted by Crippen LogP contribution is 1.91. The van der Waals surface area contributed by atoms with Gasteiger partial charge in [0.25, 0.3) is 5.91 Å². The second-order valence-corrected chi connectivity index (χ2v) is 2.01. The molecular weight excluding hydrogens is 144 g/mol. The molecular formula is C6H8N4O. The third kappa shape index (κ3) is 1.71. The van der Waals surface area contributed by atoms with E-state index in [2.05, 4.69) is 9.97 Å². The zero-order valence-electron chi connectivity index (χ0n) is 6.06. The van der Waals surface area contributed by atoms with Crippen LogP contribution < -0.4 is 5.84 Å². The average molecular weight is 152 g/mol. The van der Waals surface area contributed by atoms with Crippen molar-refractivity contribution in [2.75, 3.05) is 7.05 Å². The number of carbonyl (C=O) groups excluding carboxylic acids is 1. The molecule has 58 valence electrons. The summed E-state index contributed by atoms with van der Waals surface area (Å²) in [5.41, 5.74) is 0.248. The number of carbonyl (C=O) groups is 1. The minimum atomic E-state index is -0.349. The Hall–Kier alpha value is -1.49. The normalized spacial score (nSPS) is 9.27. The Morgan fingerprint density at radius 2 is 2.36 bits per heavy atom. The molecule has 11 heavy (non-hydrogen) atoms. The predicted octanol–water partition coefficient (Wildman–Crippen LogP) is -0.578. The molecule has 1 aromatic heterocycles. The second kappa shape index (κ2) is 3.07. The van der Waals surface area contributed by atoms with Gasteiger partial charge in [-0.2, -0.15) is 0 Å². The van der Waals surface area contributed by atoms with E-state index in [1.807, 2.05) is 0 Å². The number of rotatable bonds is 1. The molecule has 0 radical (unpaired) electrons. The van der Waals surface area contributed by atoms with E-state index in [4.69, 9.17) is 5.84 Å². The Morgan fingerprint density at radius 1 is 1.64 bits per heavy atom. The van der Waals surface area contributed by atoms with Crippen LogP contribution in [0, 0.1) is 0 Å². The SMILES string of the molecule is CN(N)C(=O)c1cnccn1. The smallest absolute Gasteiger partial charge is 0.278 e. The minimum Gasteiger partial charge on any atom is -0.278 e. The highest BCUT2D eigenvalue weighted by molar-refractivity contribution is 5.91. The van der Waals surface area contributed by atoms with Gasteiger partial charge in [-0.1, -0.05) is 0 Å². The molecule has 5 nitrogen and oxygen atoms in total. The quantitative estimate of drug-likeness (QED) is 0.332. The molecule has 1 amide bonds. The van der Waals surface area contributed by atoms with Crippen molar-refractivity contribution in [2.24, 2.45) is 5.84 Å². The lowest BCUT2D eigenvalue weighted by atomic mass is 10.4. The van der Waals surface area contributed by atoms with Gasteiger partial charge in [-0.05, 0) is 0 Å². The van der Waals surface area contributed by atoms with Gasteiger partial charge in [0.05, 0.1) is 6.20 Å². The van der Waals surface area contributed by atoms with E-state index in [-0.39, 0.29) is 11.6 Å². The molecule has 1 heterocycles. The molecule has 2 N–H and O–H groups in total. The fourth-order valence-corrected chi connectivity index (χ4v) is 0.590. The molecule has 1 rings (SSSR count). The largest absolute Gasteiger partial charge is 0.287 e. The molecule has 1 aromatic rings. The molecule has 0 unspecified atom stereocenters. The lowest BCUT2D eigenvalue weighted by Gasteiger charge is -2.07. The first-order chi connectivity index (χ1) is 5.22. The third-order valence-electron chi connectivity index (χ3n) is 1.10. The average Bonchev–Trinajstić information content (AvgIpc) is 2.05. The molecule has 0 spiro atoms. The van der Waals surface area contributed by atoms with Gasteiger partial charge >= 0.3 is 0 Å². The summed E-state index contributed by atoms with van der Waals surface area (Å²) in [7, 11) is 1.46. The van der Waals surface area contributed by atoms with Crippen molar-refractivity contribution in [3.63, 3.8) is 0 Å². The minimum absolute atomic E-state index is 0.248. The summed E-state index contributed by atoms with van der Waals surface area (Å²) in [5, 5.41) is 0.962. The summed E-state index contributed by atoms with van der Waals surface area (Å²) >= 11 is 0. The van der Waals surface area contributed by atoms with Gasteiger partial charge in [-0.15, -0.1) is 0 Å². The van der Waals surface area contributed by atoms with E-state index in [0.717, 1.165) is 5.01 Å². The van der Waals surface area contributed by atoms with E-state index in [1.165, 1.54) is 25.6 Å². The van der Waals surface area contributed by atoms with Crippen molar-refractivity contribution >= 4 is 5.91 Å². The zero-order valence-corrected chi connectivity index (χ0v) is 6.06. The molecule has 0 bridgehead atoms. The number of aromatic nitrogens is 2. The number of nitrogens with two attached hydrogens (primary N) is 1. The molecule has 0 saturated carbocycles. The topological polar surface area (TPSA) is 72.1 Å². The summed E-state index contributed by atoms with van der Waals surface area (Å²) < 4.78 is 0. The molecule has 0 aliphatic heterocycles. The predicted molar refractivity (Wildman–Crippen MR) is 38.3 cm³/mol. The van der Waals surface area contributed by atoms with Crippen LogP contribution in [0.5, 0.6) is 0 Å². The maximum absolute atomic E-state index is 11.0. The fraction of sp³-hybridized carbons (Fsp3) is 0.167. The van der Waals surface area contributed by atoms with Gasteiger partial charge < -0.3 is 0 Å². The maximum atomic E-state index is 11.0. The van der Waals surface area contributed by atoms with E-state index < -0.39 is 0 Å². The number of hydrogen-bond donors (Lipinski definition) is 1. The Labute approximate surface area is 63.8 Å². The van der Waals surface area contributed by atoms with Gasteiger partial charge in [-0.25, -0.2) is 10.8 Å². The number of nitrogens with zero attached hydrogens (tertiary/aromatic N) is 3. The number of hydrazine groups is 1. The van der Waals surface area contributed by atoms with Gasteiger partial charge in [0, 0.05) is 19.4 Å². The monoisotopic (exact) mass is 152 g/mol. The van der Waals surface area contributed by atoms with Crippen LogP contribution in [0.25, 0.3) is 0 Å². The molecule has 0 atom stereocenters. The van der Waals surface area contributed by atoms with Crippen molar-refractivity contribution in [3.8, 4) is 0 Å². The van der Waals surface area contributed by atoms with Gasteiger partial charge in [-0.3, -0.25) is 14.8 Å². The molecule has 5 heteroatoms. The first-order valence-corrected chi connectivity index (χ1v) is 3.00. The first kappa shape index (κ1) is 7.62. The van der Waals surface area contributed by atoms with Crippen molar-refractivity contribution < 1.29 is 4.79 Å². The van der Waals surface area contributed by atoms with Crippen LogP contribution in [0.4, 0.5) is 0 Å². The van der Waals surface area contributed by atoms with Crippen molar-refractivity contribution in [2.45, 2.75) is 0 Å². The van der Waals surface area contributed by atoms with E-state index in [0.29, 0.717) is 0 Å². The van der Waals surface area contributed by atoms with Crippen molar-refractivity contribution in [1.82, 2.24) is 15.0 Å². The highest BCUT2D eigenvalue weighted by atomic mass is 16.2. The fourth-order valence-electron chi connectivity index (χ4n) is 0.590. The summed E-state index contributed by atoms with van der Waals surface area (Å²) in [6, 6.07) is 0. The summed E-state index contributed by atoms with van der Waals surface area (Å²) in [6.45, 7) is 0. The first-order valence-electron chi connectivity index (χ1n) is 3.00. The van der Waals surface area contributed by atoms with Crippen LogP contribution in [0.2, 0.25) is 0 Å². The second-order valence-electron chi connectivity index (χ2n) is 2.01. The van der Waals surface area contributed by atoms with Crippen molar-refractivity contribution in [1.29, 1.82) is 0 Å². The Morgan fingerprint density at radius 3 is 2.82 bits per heavy atom. The maximum Gasteiger partial charge on any atom is 0.287 e. The molecule has 0 aromatic carbocycles. The Balaban J connectivity index is 2.86. The Bertz CT molecular complexity index is 246. The van der Waals surface area contributed by atoms with Crippen LogP contribution in [-0.4, -0.2) is 27.9 Å². The standard InChI is InChI=1S/C6H8N4O/c1-10(7)6(11)5-4-8-2-3-9-5/h2-4H,7H2,1H3. The number of amides is 1. The van der Waals surface area contributed by atoms with Crippen LogP contribution in [0.1, 0.15) is 10.5 Å². The lowest BCUT2D eigenvalue weighted by Crippen LogP contribution is -2.33. The molecule has 0 fully saturated rings. The molecule has 0 saturated heterocycles. The lowest BCUT2D eigenvalue weighted by molar-refractivity contribution is 0.0789. The van der Waals surface area contributed by atoms with Gasteiger partial charge in [0.1, 0.15) is 5.69 Å². The molecule has 0 aliphatic rings. The zero-order chi connectivity index (χ0) is 8.27. The van der Waals surface area contributed by atoms with Gasteiger partial charge in [0.2, 0.25) is 0 Å². The van der Waals surface area contributed by atoms with Crippen LogP contribution >= 0.6 is 0 Å². The highest BCUT2D eigenvalue weighted by Gasteiger charge is 2.08. The van der Waals surface area contributed by atoms with Crippen LogP contribution in [-0.2, 0) is 0 Å². The summed E-state index contributed by atoms with van der Waals surface area (Å²) in [6.07, 6.45) is 4.30. The van der Waals surface area contributed by atoms with Crippen LogP contribution in [0.15, 0.2) is 18.6 Å². The van der Waals surface area contributed by atoms with Crippen LogP contribution in [0.3, 0.4) is 0 Å². The summed E-state index contributed by atoms with van der Waals surface area (Å²) in [4.78, 5) is 18.5. The van der Waals surface area contributed by atoms with E-state index in [9.17, 15) is 4.79 Å². The third-order valence-corrected chi connectivity index (χ3v) is 1.10. The van der Waals surface area contributed by atoms with Gasteiger partial charge in [0.15, 0.2) is 0 Å². The van der Waals surface area contributed by atoms with E-state index in [1.54, 1.807) is 0 Å². The summed E-state index contributed by atoms with van der Waals surface area (Å²) in [5.74, 6) is 4.83. The Kier molecular flexibility index (Phi) is 2.12.